The van der Waals surface area contributed by atoms with Crippen molar-refractivity contribution in [2.24, 2.45) is 23.2 Å². The van der Waals surface area contributed by atoms with Crippen molar-refractivity contribution >= 4 is 0 Å². The van der Waals surface area contributed by atoms with E-state index < -0.39 is 0 Å². The van der Waals surface area contributed by atoms with Gasteiger partial charge in [0.15, 0.2) is 0 Å². The van der Waals surface area contributed by atoms with Crippen LogP contribution in [0, 0.1) is 23.2 Å². The van der Waals surface area contributed by atoms with Crippen molar-refractivity contribution in [3.8, 4) is 0 Å². The Kier molecular flexibility index (Phi) is 1.19. The maximum absolute atomic E-state index is 2.45. The Bertz CT molecular complexity index is 144. The van der Waals surface area contributed by atoms with Gasteiger partial charge >= 0.3 is 0 Å². The Morgan fingerprint density at radius 2 is 2.00 bits per heavy atom. The van der Waals surface area contributed by atoms with Gasteiger partial charge in [0.25, 0.3) is 0 Å². The Labute approximate surface area is 64.0 Å². The number of rotatable bonds is 0. The highest BCUT2D eigenvalue weighted by Crippen LogP contribution is 2.58. The Morgan fingerprint density at radius 1 is 1.30 bits per heavy atom. The zero-order chi connectivity index (χ0) is 7.35. The van der Waals surface area contributed by atoms with Crippen molar-refractivity contribution in [1.29, 1.82) is 0 Å². The molecular formula is C10H18. The zero-order valence-electron chi connectivity index (χ0n) is 7.35. The maximum Gasteiger partial charge on any atom is -0.0323 e. The summed E-state index contributed by atoms with van der Waals surface area (Å²) in [5, 5.41) is 0. The van der Waals surface area contributed by atoms with Crippen LogP contribution >= 0.6 is 0 Å². The van der Waals surface area contributed by atoms with Crippen molar-refractivity contribution in [3.63, 3.8) is 0 Å². The summed E-state index contributed by atoms with van der Waals surface area (Å²) in [6.07, 6.45) is 4.52. The summed E-state index contributed by atoms with van der Waals surface area (Å²) in [5.74, 6) is 3.22. The third-order valence-electron chi connectivity index (χ3n) is 4.10. The van der Waals surface area contributed by atoms with Gasteiger partial charge in [-0.25, -0.2) is 0 Å². The monoisotopic (exact) mass is 138 g/mol. The third-order valence-corrected chi connectivity index (χ3v) is 4.10. The van der Waals surface area contributed by atoms with Crippen LogP contribution in [0.3, 0.4) is 0 Å². The van der Waals surface area contributed by atoms with Gasteiger partial charge in [0.05, 0.1) is 0 Å². The molecule has 0 heterocycles. The molecule has 3 aliphatic rings. The fraction of sp³-hybridized carbons (Fsp3) is 1.00. The standard InChI is InChI=1S/C10H18/c1-7-8-4-5-10(2,3)9(7)6-8/h7-9H,4-6H2,1-3H3. The second-order valence-electron chi connectivity index (χ2n) is 4.99. The van der Waals surface area contributed by atoms with E-state index in [9.17, 15) is 0 Å². The van der Waals surface area contributed by atoms with Gasteiger partial charge < -0.3 is 0 Å². The summed E-state index contributed by atoms with van der Waals surface area (Å²) in [6, 6.07) is 0. The molecule has 0 aromatic heterocycles. The van der Waals surface area contributed by atoms with Crippen LogP contribution in [0.15, 0.2) is 0 Å². The smallest absolute Gasteiger partial charge is 0.0323 e. The first-order valence-electron chi connectivity index (χ1n) is 4.61. The summed E-state index contributed by atoms with van der Waals surface area (Å²) < 4.78 is 0. The van der Waals surface area contributed by atoms with Crippen LogP contribution in [0.5, 0.6) is 0 Å². The van der Waals surface area contributed by atoms with E-state index in [2.05, 4.69) is 20.8 Å². The fourth-order valence-electron chi connectivity index (χ4n) is 3.04. The van der Waals surface area contributed by atoms with Gasteiger partial charge in [0.1, 0.15) is 0 Å². The van der Waals surface area contributed by atoms with Crippen molar-refractivity contribution in [3.05, 3.63) is 0 Å². The molecule has 0 nitrogen and oxygen atoms in total. The molecule has 2 bridgehead atoms. The topological polar surface area (TPSA) is 0 Å². The lowest BCUT2D eigenvalue weighted by atomic mass is 9.48. The molecule has 3 aliphatic carbocycles. The van der Waals surface area contributed by atoms with Gasteiger partial charge in [-0.15, -0.1) is 0 Å². The molecule has 0 amide bonds. The Morgan fingerprint density at radius 3 is 2.30 bits per heavy atom. The summed E-state index contributed by atoms with van der Waals surface area (Å²) in [4.78, 5) is 0. The van der Waals surface area contributed by atoms with E-state index in [0.29, 0.717) is 5.41 Å². The molecule has 10 heavy (non-hydrogen) atoms. The first-order chi connectivity index (χ1) is 4.61. The fourth-order valence-corrected chi connectivity index (χ4v) is 3.04. The highest BCUT2D eigenvalue weighted by Gasteiger charge is 2.49. The van der Waals surface area contributed by atoms with E-state index >= 15 is 0 Å². The largest absolute Gasteiger partial charge is 0.0620 e. The number of fused-ring (bicyclic) bond motifs is 2. The van der Waals surface area contributed by atoms with Crippen LogP contribution in [0.4, 0.5) is 0 Å². The van der Waals surface area contributed by atoms with Crippen LogP contribution in [0.25, 0.3) is 0 Å². The predicted molar refractivity (Wildman–Crippen MR) is 43.8 cm³/mol. The van der Waals surface area contributed by atoms with Crippen molar-refractivity contribution < 1.29 is 0 Å². The molecule has 3 unspecified atom stereocenters. The minimum Gasteiger partial charge on any atom is -0.0620 e. The summed E-state index contributed by atoms with van der Waals surface area (Å²) in [6.45, 7) is 7.34. The van der Waals surface area contributed by atoms with E-state index in [4.69, 9.17) is 0 Å². The molecule has 3 rings (SSSR count). The van der Waals surface area contributed by atoms with Crippen LogP contribution in [-0.4, -0.2) is 0 Å². The second kappa shape index (κ2) is 1.78. The van der Waals surface area contributed by atoms with Crippen molar-refractivity contribution in [1.82, 2.24) is 0 Å². The van der Waals surface area contributed by atoms with E-state index in [1.54, 1.807) is 0 Å². The first kappa shape index (κ1) is 6.69. The molecule has 0 saturated heterocycles. The van der Waals surface area contributed by atoms with Crippen LogP contribution in [0.1, 0.15) is 40.0 Å². The quantitative estimate of drug-likeness (QED) is 0.482. The second-order valence-corrected chi connectivity index (χ2v) is 4.99. The van der Waals surface area contributed by atoms with Gasteiger partial charge in [0, 0.05) is 0 Å². The summed E-state index contributed by atoms with van der Waals surface area (Å²) in [7, 11) is 0. The molecule has 0 spiro atoms. The van der Waals surface area contributed by atoms with Crippen LogP contribution in [0.2, 0.25) is 0 Å². The lowest BCUT2D eigenvalue weighted by Gasteiger charge is -2.57. The van der Waals surface area contributed by atoms with E-state index in [0.717, 1.165) is 17.8 Å². The minimum absolute atomic E-state index is 0.675. The van der Waals surface area contributed by atoms with Gasteiger partial charge in [-0.2, -0.15) is 0 Å². The van der Waals surface area contributed by atoms with Crippen molar-refractivity contribution in [2.45, 2.75) is 40.0 Å². The first-order valence-corrected chi connectivity index (χ1v) is 4.61. The van der Waals surface area contributed by atoms with Crippen LogP contribution in [-0.2, 0) is 0 Å². The molecule has 0 aromatic carbocycles. The molecule has 58 valence electrons. The Balaban J connectivity index is 2.14. The number of hydrogen-bond acceptors (Lipinski definition) is 0. The lowest BCUT2D eigenvalue weighted by molar-refractivity contribution is -0.0713. The normalized spacial score (nSPS) is 50.1. The van der Waals surface area contributed by atoms with E-state index in [-0.39, 0.29) is 0 Å². The lowest BCUT2D eigenvalue weighted by Crippen LogP contribution is -2.48. The predicted octanol–water partition coefficient (Wildman–Crippen LogP) is 3.08. The molecule has 0 aliphatic heterocycles. The van der Waals surface area contributed by atoms with Gasteiger partial charge in [-0.05, 0) is 42.4 Å². The molecule has 3 atom stereocenters. The summed E-state index contributed by atoms with van der Waals surface area (Å²) >= 11 is 0. The molecule has 3 fully saturated rings. The summed E-state index contributed by atoms with van der Waals surface area (Å²) in [5.41, 5.74) is 0.675. The van der Waals surface area contributed by atoms with E-state index in [1.165, 1.54) is 19.3 Å². The molecular weight excluding hydrogens is 120 g/mol. The highest BCUT2D eigenvalue weighted by atomic mass is 14.5. The van der Waals surface area contributed by atoms with Gasteiger partial charge in [0.2, 0.25) is 0 Å². The number of hydrogen-bond donors (Lipinski definition) is 0. The molecule has 3 saturated carbocycles. The molecule has 0 heteroatoms. The zero-order valence-corrected chi connectivity index (χ0v) is 7.35. The average molecular weight is 138 g/mol. The SMILES string of the molecule is CC1C2CCC(C)(C)C1C2. The van der Waals surface area contributed by atoms with Crippen molar-refractivity contribution in [2.75, 3.05) is 0 Å². The molecule has 0 aromatic rings. The molecule has 0 radical (unpaired) electrons. The Hall–Kier alpha value is 0. The maximum atomic E-state index is 2.45. The molecule has 0 N–H and O–H groups in total. The van der Waals surface area contributed by atoms with Gasteiger partial charge in [-0.3, -0.25) is 0 Å². The minimum atomic E-state index is 0.675. The third kappa shape index (κ3) is 0.681. The average Bonchev–Trinajstić information content (AvgIpc) is 1.84. The van der Waals surface area contributed by atoms with Gasteiger partial charge in [-0.1, -0.05) is 20.8 Å². The van der Waals surface area contributed by atoms with E-state index in [1.807, 2.05) is 0 Å². The highest BCUT2D eigenvalue weighted by molar-refractivity contribution is 4.99. The van der Waals surface area contributed by atoms with Crippen LogP contribution < -0.4 is 0 Å².